The molecule has 0 amide bonds. The van der Waals surface area contributed by atoms with E-state index in [-0.39, 0.29) is 16.9 Å². The van der Waals surface area contributed by atoms with E-state index in [4.69, 9.17) is 28.4 Å². The zero-order valence-corrected chi connectivity index (χ0v) is 19.1. The predicted molar refractivity (Wildman–Crippen MR) is 110 cm³/mol. The number of ether oxygens (including phenoxy) is 6. The van der Waals surface area contributed by atoms with E-state index in [2.05, 4.69) is 0 Å². The van der Waals surface area contributed by atoms with Crippen LogP contribution in [0.4, 0.5) is 0 Å². The molecule has 0 unspecified atom stereocenters. The maximum atomic E-state index is 12.5. The van der Waals surface area contributed by atoms with Gasteiger partial charge in [-0.15, -0.1) is 0 Å². The van der Waals surface area contributed by atoms with Gasteiger partial charge in [-0.05, 0) is 24.6 Å². The SMILES string of the molecule is COC(=O)[C@H]1O[C@@H](Oc2c(C=O)cc(C)cc2C=O)[C@H](OC(C)=O)[C@@H](OC(C)=O)[C@@H]1OC(C)=O. The molecule has 1 fully saturated rings. The molecular weight excluding hydrogens is 456 g/mol. The second kappa shape index (κ2) is 11.4. The van der Waals surface area contributed by atoms with Crippen molar-refractivity contribution in [3.05, 3.63) is 28.8 Å². The Morgan fingerprint density at radius 1 is 0.824 bits per heavy atom. The molecule has 2 rings (SSSR count). The van der Waals surface area contributed by atoms with E-state index in [1.807, 2.05) is 0 Å². The first-order valence-electron chi connectivity index (χ1n) is 9.99. The number of benzene rings is 1. The lowest BCUT2D eigenvalue weighted by Gasteiger charge is -2.43. The second-order valence-corrected chi connectivity index (χ2v) is 7.30. The highest BCUT2D eigenvalue weighted by Crippen LogP contribution is 2.33. The van der Waals surface area contributed by atoms with Crippen LogP contribution in [0.2, 0.25) is 0 Å². The normalized spacial score (nSPS) is 23.7. The van der Waals surface area contributed by atoms with Gasteiger partial charge in [0.15, 0.2) is 30.9 Å². The van der Waals surface area contributed by atoms with Crippen molar-refractivity contribution in [3.8, 4) is 5.75 Å². The third-order valence-corrected chi connectivity index (χ3v) is 4.61. The first-order valence-corrected chi connectivity index (χ1v) is 9.99. The van der Waals surface area contributed by atoms with Crippen LogP contribution in [-0.2, 0) is 42.9 Å². The highest BCUT2D eigenvalue weighted by molar-refractivity contribution is 5.89. The molecule has 12 heteroatoms. The van der Waals surface area contributed by atoms with Crippen molar-refractivity contribution in [2.75, 3.05) is 7.11 Å². The average molecular weight is 480 g/mol. The van der Waals surface area contributed by atoms with Crippen LogP contribution in [0.3, 0.4) is 0 Å². The van der Waals surface area contributed by atoms with Gasteiger partial charge in [0.2, 0.25) is 12.4 Å². The maximum absolute atomic E-state index is 12.5. The highest BCUT2D eigenvalue weighted by Gasteiger charge is 2.56. The summed E-state index contributed by atoms with van der Waals surface area (Å²) in [6.07, 6.45) is -7.23. The molecule has 0 saturated carbocycles. The van der Waals surface area contributed by atoms with Gasteiger partial charge in [0, 0.05) is 20.8 Å². The molecule has 1 aromatic rings. The van der Waals surface area contributed by atoms with Crippen LogP contribution < -0.4 is 4.74 Å². The molecular formula is C22H24O12. The van der Waals surface area contributed by atoms with Crippen LogP contribution in [0.25, 0.3) is 0 Å². The Kier molecular flexibility index (Phi) is 8.84. The summed E-state index contributed by atoms with van der Waals surface area (Å²) in [6, 6.07) is 2.87. The van der Waals surface area contributed by atoms with Crippen LogP contribution in [0.1, 0.15) is 47.1 Å². The summed E-state index contributed by atoms with van der Waals surface area (Å²) < 4.78 is 31.7. The van der Waals surface area contributed by atoms with Crippen molar-refractivity contribution >= 4 is 36.4 Å². The van der Waals surface area contributed by atoms with Crippen molar-refractivity contribution in [3.63, 3.8) is 0 Å². The maximum Gasteiger partial charge on any atom is 0.339 e. The highest BCUT2D eigenvalue weighted by atomic mass is 16.7. The van der Waals surface area contributed by atoms with Crippen LogP contribution in [-0.4, -0.2) is 74.3 Å². The third-order valence-electron chi connectivity index (χ3n) is 4.61. The molecule has 1 aliphatic heterocycles. The summed E-state index contributed by atoms with van der Waals surface area (Å²) in [6.45, 7) is 4.79. The van der Waals surface area contributed by atoms with E-state index >= 15 is 0 Å². The number of esters is 4. The minimum absolute atomic E-state index is 0.0342. The van der Waals surface area contributed by atoms with Crippen molar-refractivity contribution in [1.82, 2.24) is 0 Å². The average Bonchev–Trinajstić information content (AvgIpc) is 2.76. The third kappa shape index (κ3) is 6.16. The molecule has 1 heterocycles. The lowest BCUT2D eigenvalue weighted by atomic mass is 9.97. The number of hydrogen-bond donors (Lipinski definition) is 0. The first-order chi connectivity index (χ1) is 16.0. The molecule has 1 saturated heterocycles. The largest absolute Gasteiger partial charge is 0.467 e. The molecule has 1 aromatic carbocycles. The molecule has 1 aliphatic rings. The summed E-state index contributed by atoms with van der Waals surface area (Å²) in [7, 11) is 1.04. The van der Waals surface area contributed by atoms with Crippen LogP contribution in [0, 0.1) is 6.92 Å². The van der Waals surface area contributed by atoms with Gasteiger partial charge in [-0.2, -0.15) is 0 Å². The molecule has 0 aromatic heterocycles. The number of carbonyl (C=O) groups excluding carboxylic acids is 6. The van der Waals surface area contributed by atoms with Crippen molar-refractivity contribution in [2.45, 2.75) is 58.4 Å². The summed E-state index contributed by atoms with van der Waals surface area (Å²) in [4.78, 5) is 71.1. The quantitative estimate of drug-likeness (QED) is 0.292. The first kappa shape index (κ1) is 26.5. The number of rotatable bonds is 8. The Bertz CT molecular complexity index is 955. The summed E-state index contributed by atoms with van der Waals surface area (Å²) in [5, 5.41) is 0. The standard InChI is InChI=1S/C22H24O12/c1-10-6-14(8-23)16(15(7-10)9-24)33-22-20(32-13(4)27)18(31-12(3)26)17(30-11(2)25)19(34-22)21(28)29-5/h6-9,17-20,22H,1-5H3/t17-,18-,19-,20+,22+/m0/s1. The zero-order valence-electron chi connectivity index (χ0n) is 19.1. The second-order valence-electron chi connectivity index (χ2n) is 7.30. The fourth-order valence-corrected chi connectivity index (χ4v) is 3.43. The fourth-order valence-electron chi connectivity index (χ4n) is 3.43. The van der Waals surface area contributed by atoms with Crippen molar-refractivity contribution < 1.29 is 57.2 Å². The molecule has 12 nitrogen and oxygen atoms in total. The summed E-state index contributed by atoms with van der Waals surface area (Å²) >= 11 is 0. The molecule has 0 aliphatic carbocycles. The predicted octanol–water partition coefficient (Wildman–Crippen LogP) is 0.692. The van der Waals surface area contributed by atoms with Gasteiger partial charge in [-0.3, -0.25) is 24.0 Å². The Balaban J connectivity index is 2.64. The van der Waals surface area contributed by atoms with E-state index in [0.717, 1.165) is 27.9 Å². The smallest absolute Gasteiger partial charge is 0.339 e. The number of aryl methyl sites for hydroxylation is 1. The van der Waals surface area contributed by atoms with Crippen LogP contribution in [0.5, 0.6) is 5.75 Å². The molecule has 34 heavy (non-hydrogen) atoms. The van der Waals surface area contributed by atoms with Crippen molar-refractivity contribution in [1.29, 1.82) is 0 Å². The topological polar surface area (TPSA) is 158 Å². The van der Waals surface area contributed by atoms with Gasteiger partial charge in [0.05, 0.1) is 18.2 Å². The van der Waals surface area contributed by atoms with E-state index in [1.54, 1.807) is 6.92 Å². The Morgan fingerprint density at radius 2 is 1.29 bits per heavy atom. The minimum Gasteiger partial charge on any atom is -0.467 e. The monoisotopic (exact) mass is 480 g/mol. The molecule has 5 atom stereocenters. The molecule has 0 N–H and O–H groups in total. The van der Waals surface area contributed by atoms with E-state index in [9.17, 15) is 28.8 Å². The number of hydrogen-bond acceptors (Lipinski definition) is 12. The Hall–Kier alpha value is -3.80. The zero-order chi connectivity index (χ0) is 25.6. The summed E-state index contributed by atoms with van der Waals surface area (Å²) in [5.74, 6) is -3.82. The van der Waals surface area contributed by atoms with Gasteiger partial charge in [-0.1, -0.05) is 0 Å². The van der Waals surface area contributed by atoms with Crippen molar-refractivity contribution in [2.24, 2.45) is 0 Å². The van der Waals surface area contributed by atoms with Gasteiger partial charge >= 0.3 is 23.9 Å². The Labute approximate surface area is 194 Å². The number of methoxy groups -OCH3 is 1. The van der Waals surface area contributed by atoms with Gasteiger partial charge in [0.1, 0.15) is 5.75 Å². The molecule has 0 spiro atoms. The van der Waals surface area contributed by atoms with E-state index in [0.29, 0.717) is 18.1 Å². The van der Waals surface area contributed by atoms with Crippen LogP contribution >= 0.6 is 0 Å². The van der Waals surface area contributed by atoms with E-state index < -0.39 is 54.6 Å². The van der Waals surface area contributed by atoms with Gasteiger partial charge in [0.25, 0.3) is 0 Å². The summed E-state index contributed by atoms with van der Waals surface area (Å²) in [5.41, 5.74) is 0.513. The fraction of sp³-hybridized carbons (Fsp3) is 0.455. The molecule has 0 bridgehead atoms. The minimum atomic E-state index is -1.69. The van der Waals surface area contributed by atoms with E-state index in [1.165, 1.54) is 12.1 Å². The lowest BCUT2D eigenvalue weighted by molar-refractivity contribution is -0.282. The van der Waals surface area contributed by atoms with Crippen LogP contribution in [0.15, 0.2) is 12.1 Å². The molecule has 0 radical (unpaired) electrons. The number of carbonyl (C=O) groups is 6. The lowest BCUT2D eigenvalue weighted by Crippen LogP contribution is -2.64. The van der Waals surface area contributed by atoms with Gasteiger partial charge < -0.3 is 28.4 Å². The Morgan fingerprint density at radius 3 is 1.74 bits per heavy atom. The molecule has 184 valence electrons. The number of aldehydes is 2. The van der Waals surface area contributed by atoms with Gasteiger partial charge in [-0.25, -0.2) is 4.79 Å².